The first-order valence-corrected chi connectivity index (χ1v) is 6.94. The minimum atomic E-state index is 0.512. The molecular weight excluding hydrogens is 262 g/mol. The van der Waals surface area contributed by atoms with E-state index in [0.717, 1.165) is 28.3 Å². The lowest BCUT2D eigenvalue weighted by Crippen LogP contribution is -2.04. The summed E-state index contributed by atoms with van der Waals surface area (Å²) in [7, 11) is 1.68. The van der Waals surface area contributed by atoms with E-state index < -0.39 is 0 Å². The summed E-state index contributed by atoms with van der Waals surface area (Å²) in [6.45, 7) is 6.96. The van der Waals surface area contributed by atoms with Crippen molar-refractivity contribution in [3.63, 3.8) is 0 Å². The molecule has 0 radical (unpaired) electrons. The van der Waals surface area contributed by atoms with Crippen molar-refractivity contribution in [2.75, 3.05) is 19.0 Å². The van der Waals surface area contributed by atoms with Gasteiger partial charge in [0.2, 0.25) is 0 Å². The van der Waals surface area contributed by atoms with E-state index >= 15 is 0 Å². The predicted molar refractivity (Wildman–Crippen MR) is 87.2 cm³/mol. The summed E-state index contributed by atoms with van der Waals surface area (Å²) in [4.78, 5) is 0. The minimum Gasteiger partial charge on any atom is -0.497 e. The van der Waals surface area contributed by atoms with Crippen molar-refractivity contribution >= 4 is 5.69 Å². The summed E-state index contributed by atoms with van der Waals surface area (Å²) < 4.78 is 10.9. The summed E-state index contributed by atoms with van der Waals surface area (Å²) in [5, 5.41) is 3.44. The van der Waals surface area contributed by atoms with Crippen LogP contribution in [0.1, 0.15) is 11.1 Å². The second-order valence-corrected chi connectivity index (χ2v) is 4.74. The monoisotopic (exact) mass is 283 g/mol. The van der Waals surface area contributed by atoms with E-state index in [0.29, 0.717) is 13.2 Å². The molecule has 1 N–H and O–H groups in total. The van der Waals surface area contributed by atoms with Crippen molar-refractivity contribution < 1.29 is 9.47 Å². The van der Waals surface area contributed by atoms with E-state index in [9.17, 15) is 0 Å². The first-order chi connectivity index (χ1) is 10.2. The number of methoxy groups -OCH3 is 1. The van der Waals surface area contributed by atoms with E-state index in [1.807, 2.05) is 36.4 Å². The minimum absolute atomic E-state index is 0.512. The maximum absolute atomic E-state index is 5.66. The van der Waals surface area contributed by atoms with Crippen LogP contribution in [0.15, 0.2) is 55.1 Å². The van der Waals surface area contributed by atoms with Crippen molar-refractivity contribution in [1.29, 1.82) is 0 Å². The average molecular weight is 283 g/mol. The molecule has 21 heavy (non-hydrogen) atoms. The quantitative estimate of drug-likeness (QED) is 0.773. The van der Waals surface area contributed by atoms with Crippen molar-refractivity contribution in [3.05, 3.63) is 66.2 Å². The maximum atomic E-state index is 5.66. The third kappa shape index (κ3) is 4.02. The van der Waals surface area contributed by atoms with Gasteiger partial charge in [0.15, 0.2) is 0 Å². The van der Waals surface area contributed by atoms with Gasteiger partial charge < -0.3 is 14.8 Å². The fraction of sp³-hybridized carbons (Fsp3) is 0.222. The van der Waals surface area contributed by atoms with Crippen LogP contribution >= 0.6 is 0 Å². The second kappa shape index (κ2) is 7.39. The van der Waals surface area contributed by atoms with Crippen LogP contribution in [-0.2, 0) is 6.54 Å². The number of benzene rings is 2. The van der Waals surface area contributed by atoms with Crippen molar-refractivity contribution in [1.82, 2.24) is 0 Å². The summed E-state index contributed by atoms with van der Waals surface area (Å²) in [5.74, 6) is 1.75. The lowest BCUT2D eigenvalue weighted by atomic mass is 10.1. The van der Waals surface area contributed by atoms with Crippen LogP contribution in [-0.4, -0.2) is 13.7 Å². The van der Waals surface area contributed by atoms with Gasteiger partial charge in [0.25, 0.3) is 0 Å². The summed E-state index contributed by atoms with van der Waals surface area (Å²) >= 11 is 0. The zero-order valence-corrected chi connectivity index (χ0v) is 12.6. The largest absolute Gasteiger partial charge is 0.497 e. The molecule has 0 unspecified atom stereocenters. The standard InChI is InChI=1S/C18H21NO2/c1-4-11-21-18-8-6-5-7-15(18)13-19-17-10-9-16(20-3)12-14(17)2/h4-10,12,19H,1,11,13H2,2-3H3. The van der Waals surface area contributed by atoms with Gasteiger partial charge in [-0.1, -0.05) is 30.9 Å². The van der Waals surface area contributed by atoms with Crippen molar-refractivity contribution in [3.8, 4) is 11.5 Å². The van der Waals surface area contributed by atoms with Crippen LogP contribution in [0.4, 0.5) is 5.69 Å². The highest BCUT2D eigenvalue weighted by Gasteiger charge is 2.04. The van der Waals surface area contributed by atoms with Crippen LogP contribution in [0.3, 0.4) is 0 Å². The van der Waals surface area contributed by atoms with Gasteiger partial charge in [-0.25, -0.2) is 0 Å². The lowest BCUT2D eigenvalue weighted by Gasteiger charge is -2.14. The van der Waals surface area contributed by atoms with E-state index in [4.69, 9.17) is 9.47 Å². The van der Waals surface area contributed by atoms with E-state index in [1.165, 1.54) is 0 Å². The van der Waals surface area contributed by atoms with E-state index in [2.05, 4.69) is 24.9 Å². The Labute approximate surface area is 126 Å². The van der Waals surface area contributed by atoms with Crippen LogP contribution in [0.25, 0.3) is 0 Å². The fourth-order valence-corrected chi connectivity index (χ4v) is 2.09. The Morgan fingerprint density at radius 2 is 2.00 bits per heavy atom. The number of para-hydroxylation sites is 1. The molecule has 0 fully saturated rings. The number of nitrogens with one attached hydrogen (secondary N) is 1. The molecule has 3 heteroatoms. The second-order valence-electron chi connectivity index (χ2n) is 4.74. The predicted octanol–water partition coefficient (Wildman–Crippen LogP) is 4.18. The van der Waals surface area contributed by atoms with Gasteiger partial charge in [0, 0.05) is 17.8 Å². The number of rotatable bonds is 7. The van der Waals surface area contributed by atoms with Gasteiger partial charge in [-0.3, -0.25) is 0 Å². The Morgan fingerprint density at radius 3 is 2.71 bits per heavy atom. The zero-order chi connectivity index (χ0) is 15.1. The number of ether oxygens (including phenoxy) is 2. The normalized spacial score (nSPS) is 10.0. The van der Waals surface area contributed by atoms with Crippen LogP contribution in [0, 0.1) is 6.92 Å². The van der Waals surface area contributed by atoms with Crippen LogP contribution < -0.4 is 14.8 Å². The molecule has 0 aliphatic carbocycles. The van der Waals surface area contributed by atoms with Gasteiger partial charge in [0.05, 0.1) is 7.11 Å². The molecule has 0 amide bonds. The number of aryl methyl sites for hydroxylation is 1. The Balaban J connectivity index is 2.07. The first kappa shape index (κ1) is 15.0. The van der Waals surface area contributed by atoms with Crippen molar-refractivity contribution in [2.45, 2.75) is 13.5 Å². The molecule has 0 saturated heterocycles. The average Bonchev–Trinajstić information content (AvgIpc) is 2.52. The highest BCUT2D eigenvalue weighted by atomic mass is 16.5. The molecule has 0 heterocycles. The maximum Gasteiger partial charge on any atom is 0.124 e. The number of hydrogen-bond donors (Lipinski definition) is 1. The van der Waals surface area contributed by atoms with E-state index in [1.54, 1.807) is 13.2 Å². The molecule has 0 aliphatic heterocycles. The first-order valence-electron chi connectivity index (χ1n) is 6.94. The molecule has 110 valence electrons. The smallest absolute Gasteiger partial charge is 0.124 e. The Hall–Kier alpha value is -2.42. The molecule has 3 nitrogen and oxygen atoms in total. The molecule has 0 bridgehead atoms. The summed E-state index contributed by atoms with van der Waals surface area (Å²) in [6, 6.07) is 14.0. The summed E-state index contributed by atoms with van der Waals surface area (Å²) in [6.07, 6.45) is 1.75. The number of hydrogen-bond acceptors (Lipinski definition) is 3. The third-order valence-electron chi connectivity index (χ3n) is 3.23. The van der Waals surface area contributed by atoms with Crippen LogP contribution in [0.2, 0.25) is 0 Å². The van der Waals surface area contributed by atoms with Gasteiger partial charge in [-0.2, -0.15) is 0 Å². The van der Waals surface area contributed by atoms with Gasteiger partial charge in [-0.05, 0) is 36.8 Å². The molecule has 0 saturated carbocycles. The van der Waals surface area contributed by atoms with E-state index in [-0.39, 0.29) is 0 Å². The molecular formula is C18H21NO2. The lowest BCUT2D eigenvalue weighted by molar-refractivity contribution is 0.359. The number of anilines is 1. The zero-order valence-electron chi connectivity index (χ0n) is 12.6. The molecule has 0 atom stereocenters. The van der Waals surface area contributed by atoms with Crippen molar-refractivity contribution in [2.24, 2.45) is 0 Å². The topological polar surface area (TPSA) is 30.5 Å². The molecule has 2 aromatic rings. The van der Waals surface area contributed by atoms with Gasteiger partial charge in [0.1, 0.15) is 18.1 Å². The van der Waals surface area contributed by atoms with Crippen LogP contribution in [0.5, 0.6) is 11.5 Å². The van der Waals surface area contributed by atoms with Gasteiger partial charge >= 0.3 is 0 Å². The Bertz CT molecular complexity index is 608. The summed E-state index contributed by atoms with van der Waals surface area (Å²) in [5.41, 5.74) is 3.36. The molecule has 0 aliphatic rings. The highest BCUT2D eigenvalue weighted by molar-refractivity contribution is 5.54. The fourth-order valence-electron chi connectivity index (χ4n) is 2.09. The molecule has 2 rings (SSSR count). The highest BCUT2D eigenvalue weighted by Crippen LogP contribution is 2.23. The third-order valence-corrected chi connectivity index (χ3v) is 3.23. The van der Waals surface area contributed by atoms with Gasteiger partial charge in [-0.15, -0.1) is 0 Å². The molecule has 2 aromatic carbocycles. The molecule has 0 spiro atoms. The molecule has 0 aromatic heterocycles. The SMILES string of the molecule is C=CCOc1ccccc1CNc1ccc(OC)cc1C. The Morgan fingerprint density at radius 1 is 1.19 bits per heavy atom. The Kier molecular flexibility index (Phi) is 5.27.